The SMILES string of the molecule is Brc1csc(-c2cncc3ccccc23)n1. The molecule has 0 saturated carbocycles. The molecule has 0 atom stereocenters. The molecule has 0 unspecified atom stereocenters. The summed E-state index contributed by atoms with van der Waals surface area (Å²) in [5.74, 6) is 0. The van der Waals surface area contributed by atoms with Crippen molar-refractivity contribution in [3.8, 4) is 10.6 Å². The van der Waals surface area contributed by atoms with Crippen LogP contribution in [0.5, 0.6) is 0 Å². The van der Waals surface area contributed by atoms with Crippen LogP contribution in [0.2, 0.25) is 0 Å². The van der Waals surface area contributed by atoms with Crippen molar-refractivity contribution in [2.75, 3.05) is 0 Å². The Bertz CT molecular complexity index is 643. The molecule has 1 aromatic carbocycles. The summed E-state index contributed by atoms with van der Waals surface area (Å²) in [6.07, 6.45) is 3.75. The lowest BCUT2D eigenvalue weighted by Gasteiger charge is -2.01. The minimum Gasteiger partial charge on any atom is -0.263 e. The first-order valence-electron chi connectivity index (χ1n) is 4.79. The Morgan fingerprint density at radius 3 is 2.81 bits per heavy atom. The van der Waals surface area contributed by atoms with Gasteiger partial charge in [-0.2, -0.15) is 0 Å². The summed E-state index contributed by atoms with van der Waals surface area (Å²) in [6.45, 7) is 0. The van der Waals surface area contributed by atoms with Crippen LogP contribution in [-0.4, -0.2) is 9.97 Å². The highest BCUT2D eigenvalue weighted by Crippen LogP contribution is 2.30. The van der Waals surface area contributed by atoms with Gasteiger partial charge in [-0.3, -0.25) is 4.98 Å². The summed E-state index contributed by atoms with van der Waals surface area (Å²) >= 11 is 4.99. The van der Waals surface area contributed by atoms with Gasteiger partial charge in [0.25, 0.3) is 0 Å². The number of fused-ring (bicyclic) bond motifs is 1. The topological polar surface area (TPSA) is 25.8 Å². The largest absolute Gasteiger partial charge is 0.263 e. The van der Waals surface area contributed by atoms with Gasteiger partial charge in [-0.05, 0) is 21.3 Å². The maximum absolute atomic E-state index is 4.43. The van der Waals surface area contributed by atoms with Gasteiger partial charge < -0.3 is 0 Å². The third-order valence-corrected chi connectivity index (χ3v) is 3.96. The predicted octanol–water partition coefficient (Wildman–Crippen LogP) is 4.12. The molecule has 2 aromatic heterocycles. The number of pyridine rings is 1. The summed E-state index contributed by atoms with van der Waals surface area (Å²) in [6, 6.07) is 8.22. The lowest BCUT2D eigenvalue weighted by atomic mass is 10.1. The molecule has 0 fully saturated rings. The number of hydrogen-bond donors (Lipinski definition) is 0. The van der Waals surface area contributed by atoms with Gasteiger partial charge in [-0.1, -0.05) is 24.3 Å². The van der Waals surface area contributed by atoms with E-state index >= 15 is 0 Å². The lowest BCUT2D eigenvalue weighted by Crippen LogP contribution is -1.82. The smallest absolute Gasteiger partial charge is 0.126 e. The Labute approximate surface area is 105 Å². The Hall–Kier alpha value is -1.26. The average Bonchev–Trinajstić information content (AvgIpc) is 2.75. The van der Waals surface area contributed by atoms with Crippen molar-refractivity contribution in [2.45, 2.75) is 0 Å². The molecular formula is C12H7BrN2S. The van der Waals surface area contributed by atoms with Crippen molar-refractivity contribution in [2.24, 2.45) is 0 Å². The molecule has 78 valence electrons. The molecule has 3 rings (SSSR count). The molecule has 16 heavy (non-hydrogen) atoms. The van der Waals surface area contributed by atoms with Gasteiger partial charge in [0.05, 0.1) is 0 Å². The minimum atomic E-state index is 0.875. The third kappa shape index (κ3) is 1.64. The van der Waals surface area contributed by atoms with Crippen molar-refractivity contribution >= 4 is 38.0 Å². The predicted molar refractivity (Wildman–Crippen MR) is 70.6 cm³/mol. The Morgan fingerprint density at radius 1 is 1.12 bits per heavy atom. The first-order chi connectivity index (χ1) is 7.84. The van der Waals surface area contributed by atoms with E-state index in [4.69, 9.17) is 0 Å². The van der Waals surface area contributed by atoms with E-state index in [-0.39, 0.29) is 0 Å². The van der Waals surface area contributed by atoms with Gasteiger partial charge in [0.2, 0.25) is 0 Å². The highest BCUT2D eigenvalue weighted by atomic mass is 79.9. The van der Waals surface area contributed by atoms with Crippen molar-refractivity contribution in [1.29, 1.82) is 0 Å². The fourth-order valence-corrected chi connectivity index (χ4v) is 2.94. The van der Waals surface area contributed by atoms with Crippen LogP contribution in [0.3, 0.4) is 0 Å². The summed E-state index contributed by atoms with van der Waals surface area (Å²) in [5.41, 5.74) is 1.09. The molecule has 0 bridgehead atoms. The first kappa shape index (κ1) is 9.93. The fourth-order valence-electron chi connectivity index (χ4n) is 1.66. The van der Waals surface area contributed by atoms with Crippen LogP contribution < -0.4 is 0 Å². The van der Waals surface area contributed by atoms with E-state index in [0.29, 0.717) is 0 Å². The minimum absolute atomic E-state index is 0.875. The highest BCUT2D eigenvalue weighted by molar-refractivity contribution is 9.10. The van der Waals surface area contributed by atoms with E-state index in [1.165, 1.54) is 5.39 Å². The van der Waals surface area contributed by atoms with E-state index in [1.807, 2.05) is 29.9 Å². The van der Waals surface area contributed by atoms with Crippen molar-refractivity contribution in [1.82, 2.24) is 9.97 Å². The van der Waals surface area contributed by atoms with Gasteiger partial charge in [-0.25, -0.2) is 4.98 Å². The van der Waals surface area contributed by atoms with Crippen LogP contribution >= 0.6 is 27.3 Å². The molecule has 2 nitrogen and oxygen atoms in total. The maximum atomic E-state index is 4.43. The first-order valence-corrected chi connectivity index (χ1v) is 6.46. The number of benzene rings is 1. The van der Waals surface area contributed by atoms with Crippen molar-refractivity contribution in [3.05, 3.63) is 46.6 Å². The zero-order chi connectivity index (χ0) is 11.0. The van der Waals surface area contributed by atoms with E-state index in [0.717, 1.165) is 20.6 Å². The summed E-state index contributed by atoms with van der Waals surface area (Å²) in [5, 5.41) is 5.32. The summed E-state index contributed by atoms with van der Waals surface area (Å²) in [7, 11) is 0. The van der Waals surface area contributed by atoms with Gasteiger partial charge in [0, 0.05) is 28.7 Å². The standard InChI is InChI=1S/C12H7BrN2S/c13-11-7-16-12(15-11)10-6-14-5-8-3-1-2-4-9(8)10/h1-7H. The molecule has 0 amide bonds. The molecule has 0 spiro atoms. The number of aromatic nitrogens is 2. The second kappa shape index (κ2) is 3.96. The average molecular weight is 291 g/mol. The molecule has 0 N–H and O–H groups in total. The highest BCUT2D eigenvalue weighted by Gasteiger charge is 2.07. The number of thiazole rings is 1. The molecule has 0 aliphatic carbocycles. The lowest BCUT2D eigenvalue weighted by molar-refractivity contribution is 1.32. The van der Waals surface area contributed by atoms with Crippen LogP contribution in [0.15, 0.2) is 46.6 Å². The maximum Gasteiger partial charge on any atom is 0.126 e. The second-order valence-electron chi connectivity index (χ2n) is 3.38. The third-order valence-electron chi connectivity index (χ3n) is 2.37. The summed E-state index contributed by atoms with van der Waals surface area (Å²) < 4.78 is 0.875. The zero-order valence-electron chi connectivity index (χ0n) is 8.22. The second-order valence-corrected chi connectivity index (χ2v) is 5.05. The molecule has 2 heterocycles. The molecule has 0 saturated heterocycles. The van der Waals surface area contributed by atoms with E-state index in [9.17, 15) is 0 Å². The molecule has 0 aliphatic heterocycles. The molecule has 4 heteroatoms. The molecular weight excluding hydrogens is 284 g/mol. The monoisotopic (exact) mass is 290 g/mol. The zero-order valence-corrected chi connectivity index (χ0v) is 10.6. The van der Waals surface area contributed by atoms with Crippen LogP contribution in [0.25, 0.3) is 21.3 Å². The Balaban J connectivity index is 2.31. The van der Waals surface area contributed by atoms with Crippen LogP contribution in [-0.2, 0) is 0 Å². The molecule has 0 radical (unpaired) electrons. The Morgan fingerprint density at radius 2 is 2.00 bits per heavy atom. The van der Waals surface area contributed by atoms with E-state index < -0.39 is 0 Å². The van der Waals surface area contributed by atoms with E-state index in [2.05, 4.69) is 38.0 Å². The number of nitrogens with zero attached hydrogens (tertiary/aromatic N) is 2. The van der Waals surface area contributed by atoms with E-state index in [1.54, 1.807) is 11.3 Å². The number of hydrogen-bond acceptors (Lipinski definition) is 3. The number of rotatable bonds is 1. The van der Waals surface area contributed by atoms with Gasteiger partial charge in [-0.15, -0.1) is 11.3 Å². The number of halogens is 1. The van der Waals surface area contributed by atoms with Crippen LogP contribution in [0.4, 0.5) is 0 Å². The van der Waals surface area contributed by atoms with Crippen molar-refractivity contribution in [3.63, 3.8) is 0 Å². The molecule has 0 aliphatic rings. The normalized spacial score (nSPS) is 10.8. The summed E-state index contributed by atoms with van der Waals surface area (Å²) in [4.78, 5) is 8.68. The van der Waals surface area contributed by atoms with Crippen molar-refractivity contribution < 1.29 is 0 Å². The molecule has 3 aromatic rings. The van der Waals surface area contributed by atoms with Crippen LogP contribution in [0.1, 0.15) is 0 Å². The van der Waals surface area contributed by atoms with Crippen LogP contribution in [0, 0.1) is 0 Å². The van der Waals surface area contributed by atoms with Gasteiger partial charge in [0.1, 0.15) is 9.61 Å². The quantitative estimate of drug-likeness (QED) is 0.674. The Kier molecular flexibility index (Phi) is 2.46. The van der Waals surface area contributed by atoms with Gasteiger partial charge >= 0.3 is 0 Å². The van der Waals surface area contributed by atoms with Gasteiger partial charge in [0.15, 0.2) is 0 Å². The fraction of sp³-hybridized carbons (Fsp3) is 0.